The van der Waals surface area contributed by atoms with Crippen molar-refractivity contribution in [2.24, 2.45) is 11.8 Å². The van der Waals surface area contributed by atoms with Crippen LogP contribution in [-0.4, -0.2) is 47.8 Å². The molecule has 0 radical (unpaired) electrons. The summed E-state index contributed by atoms with van der Waals surface area (Å²) in [7, 11) is 1.64. The standard InChI is InChI=1S/C28H31N3O5/c1-34-24-9-5-8-23(16-24)26-27(22-6-3-2-4-7-22)30-31(28(26)36-15-14-29)17-20-10-12-21(13-11-20)18-35-19-25(32)33/h2-9,16,20-21H,10-13,15,17-19H2,1H3,(H,32,33)/t20-,21-. The van der Waals surface area contributed by atoms with Gasteiger partial charge in [0.15, 0.2) is 6.61 Å². The Hall–Kier alpha value is -3.83. The van der Waals surface area contributed by atoms with Crippen LogP contribution in [0.4, 0.5) is 0 Å². The first-order valence-corrected chi connectivity index (χ1v) is 12.2. The second-order valence-corrected chi connectivity index (χ2v) is 9.05. The molecule has 8 nitrogen and oxygen atoms in total. The monoisotopic (exact) mass is 489 g/mol. The fourth-order valence-corrected chi connectivity index (χ4v) is 4.79. The SMILES string of the molecule is COc1cccc(-c2c(-c3ccccc3)nn(C[C@H]3CC[C@H](COCC(=O)O)CC3)c2OCC#N)c1. The summed E-state index contributed by atoms with van der Waals surface area (Å²) in [5, 5.41) is 23.0. The van der Waals surface area contributed by atoms with Crippen LogP contribution in [-0.2, 0) is 16.1 Å². The van der Waals surface area contributed by atoms with Crippen molar-refractivity contribution in [3.63, 3.8) is 0 Å². The van der Waals surface area contributed by atoms with Crippen molar-refractivity contribution < 1.29 is 24.1 Å². The van der Waals surface area contributed by atoms with E-state index in [-0.39, 0.29) is 13.2 Å². The third-order valence-electron chi connectivity index (χ3n) is 6.56. The summed E-state index contributed by atoms with van der Waals surface area (Å²) in [5.74, 6) is 1.14. The van der Waals surface area contributed by atoms with Gasteiger partial charge in [-0.15, -0.1) is 0 Å². The van der Waals surface area contributed by atoms with Gasteiger partial charge in [-0.1, -0.05) is 42.5 Å². The van der Waals surface area contributed by atoms with Gasteiger partial charge in [0.1, 0.15) is 24.1 Å². The Labute approximate surface area is 211 Å². The third-order valence-corrected chi connectivity index (χ3v) is 6.56. The van der Waals surface area contributed by atoms with E-state index < -0.39 is 5.97 Å². The lowest BCUT2D eigenvalue weighted by molar-refractivity contribution is -0.142. The van der Waals surface area contributed by atoms with E-state index in [1.807, 2.05) is 59.3 Å². The molecule has 0 bridgehead atoms. The molecule has 1 aliphatic carbocycles. The smallest absolute Gasteiger partial charge is 0.329 e. The number of carbonyl (C=O) groups is 1. The molecule has 0 atom stereocenters. The number of rotatable bonds is 11. The van der Waals surface area contributed by atoms with Gasteiger partial charge in [0.05, 0.1) is 19.3 Å². The number of aromatic nitrogens is 2. The predicted octanol–water partition coefficient (Wildman–Crippen LogP) is 5.04. The first-order chi connectivity index (χ1) is 17.6. The zero-order valence-corrected chi connectivity index (χ0v) is 20.4. The number of benzene rings is 2. The van der Waals surface area contributed by atoms with Crippen molar-refractivity contribution in [2.45, 2.75) is 32.2 Å². The summed E-state index contributed by atoms with van der Waals surface area (Å²) < 4.78 is 18.7. The molecule has 2 aromatic carbocycles. The molecule has 1 aliphatic rings. The number of hydrogen-bond donors (Lipinski definition) is 1. The lowest BCUT2D eigenvalue weighted by atomic mass is 9.82. The maximum absolute atomic E-state index is 10.7. The summed E-state index contributed by atoms with van der Waals surface area (Å²) in [6, 6.07) is 19.8. The van der Waals surface area contributed by atoms with Gasteiger partial charge in [-0.3, -0.25) is 0 Å². The summed E-state index contributed by atoms with van der Waals surface area (Å²) in [6.45, 7) is 0.829. The molecule has 36 heavy (non-hydrogen) atoms. The molecule has 188 valence electrons. The fraction of sp³-hybridized carbons (Fsp3) is 0.393. The molecular formula is C28H31N3O5. The molecule has 0 unspecified atom stereocenters. The molecule has 0 spiro atoms. The van der Waals surface area contributed by atoms with E-state index in [1.165, 1.54) is 0 Å². The number of nitriles is 1. The zero-order valence-electron chi connectivity index (χ0n) is 20.4. The van der Waals surface area contributed by atoms with Gasteiger partial charge in [-0.25, -0.2) is 9.48 Å². The summed E-state index contributed by atoms with van der Waals surface area (Å²) in [5.41, 5.74) is 3.51. The Balaban J connectivity index is 1.62. The molecule has 3 aromatic rings. The van der Waals surface area contributed by atoms with E-state index in [2.05, 4.69) is 6.07 Å². The molecule has 0 amide bonds. The van der Waals surface area contributed by atoms with Gasteiger partial charge >= 0.3 is 5.97 Å². The van der Waals surface area contributed by atoms with E-state index >= 15 is 0 Å². The molecule has 4 rings (SSSR count). The van der Waals surface area contributed by atoms with Gasteiger partial charge in [0.25, 0.3) is 0 Å². The van der Waals surface area contributed by atoms with Crippen LogP contribution in [0, 0.1) is 23.2 Å². The van der Waals surface area contributed by atoms with E-state index in [1.54, 1.807) is 7.11 Å². The van der Waals surface area contributed by atoms with Crippen LogP contribution >= 0.6 is 0 Å². The predicted molar refractivity (Wildman–Crippen MR) is 135 cm³/mol. The normalized spacial score (nSPS) is 17.3. The highest BCUT2D eigenvalue weighted by Gasteiger charge is 2.27. The highest BCUT2D eigenvalue weighted by Crippen LogP contribution is 2.41. The molecule has 1 saturated carbocycles. The van der Waals surface area contributed by atoms with Crippen molar-refractivity contribution in [3.05, 3.63) is 54.6 Å². The van der Waals surface area contributed by atoms with E-state index in [4.69, 9.17) is 24.4 Å². The van der Waals surface area contributed by atoms with Crippen LogP contribution in [0.5, 0.6) is 11.6 Å². The minimum Gasteiger partial charge on any atom is -0.497 e. The van der Waals surface area contributed by atoms with E-state index in [0.717, 1.165) is 53.8 Å². The fourth-order valence-electron chi connectivity index (χ4n) is 4.79. The molecule has 1 heterocycles. The number of nitrogens with zero attached hydrogens (tertiary/aromatic N) is 3. The van der Waals surface area contributed by atoms with Crippen LogP contribution in [0.3, 0.4) is 0 Å². The first kappa shape index (κ1) is 25.3. The number of hydrogen-bond acceptors (Lipinski definition) is 6. The van der Waals surface area contributed by atoms with Gasteiger partial charge in [-0.05, 0) is 55.2 Å². The average Bonchev–Trinajstić information content (AvgIpc) is 3.26. The minimum absolute atomic E-state index is 0.0788. The summed E-state index contributed by atoms with van der Waals surface area (Å²) >= 11 is 0. The van der Waals surface area contributed by atoms with E-state index in [9.17, 15) is 10.1 Å². The lowest BCUT2D eigenvalue weighted by Gasteiger charge is -2.28. The maximum atomic E-state index is 10.7. The molecular weight excluding hydrogens is 458 g/mol. The molecule has 1 fully saturated rings. The first-order valence-electron chi connectivity index (χ1n) is 12.2. The van der Waals surface area contributed by atoms with Crippen molar-refractivity contribution >= 4 is 5.97 Å². The van der Waals surface area contributed by atoms with Gasteiger partial charge < -0.3 is 19.3 Å². The van der Waals surface area contributed by atoms with Gasteiger partial charge in [-0.2, -0.15) is 10.4 Å². The summed E-state index contributed by atoms with van der Waals surface area (Å²) in [4.78, 5) is 10.7. The van der Waals surface area contributed by atoms with Crippen LogP contribution in [0.1, 0.15) is 25.7 Å². The molecule has 1 N–H and O–H groups in total. The largest absolute Gasteiger partial charge is 0.497 e. The highest BCUT2D eigenvalue weighted by molar-refractivity contribution is 5.85. The molecule has 0 saturated heterocycles. The van der Waals surface area contributed by atoms with Crippen molar-refractivity contribution in [1.29, 1.82) is 5.26 Å². The quantitative estimate of drug-likeness (QED) is 0.402. The summed E-state index contributed by atoms with van der Waals surface area (Å²) in [6.07, 6.45) is 3.95. The highest BCUT2D eigenvalue weighted by atomic mass is 16.5. The van der Waals surface area contributed by atoms with Gasteiger partial charge in [0, 0.05) is 12.1 Å². The maximum Gasteiger partial charge on any atom is 0.329 e. The number of methoxy groups -OCH3 is 1. The topological polar surface area (TPSA) is 107 Å². The number of carboxylic acids is 1. The number of aliphatic carboxylic acids is 1. The van der Waals surface area contributed by atoms with Crippen molar-refractivity contribution in [1.82, 2.24) is 9.78 Å². The van der Waals surface area contributed by atoms with E-state index in [0.29, 0.717) is 30.9 Å². The second-order valence-electron chi connectivity index (χ2n) is 9.05. The van der Waals surface area contributed by atoms with Crippen molar-refractivity contribution in [2.75, 3.05) is 26.9 Å². The Morgan fingerprint density at radius 2 is 1.81 bits per heavy atom. The Kier molecular flexibility index (Phi) is 8.58. The van der Waals surface area contributed by atoms with Crippen LogP contribution in [0.15, 0.2) is 54.6 Å². The van der Waals surface area contributed by atoms with Crippen LogP contribution in [0.25, 0.3) is 22.4 Å². The number of carboxylic acid groups (broad SMARTS) is 1. The second kappa shape index (κ2) is 12.2. The molecule has 0 aliphatic heterocycles. The third kappa shape index (κ3) is 6.23. The number of ether oxygens (including phenoxy) is 3. The Morgan fingerprint density at radius 1 is 1.08 bits per heavy atom. The van der Waals surface area contributed by atoms with Crippen molar-refractivity contribution in [3.8, 4) is 40.1 Å². The van der Waals surface area contributed by atoms with Gasteiger partial charge in [0.2, 0.25) is 5.88 Å². The Bertz CT molecular complexity index is 1190. The average molecular weight is 490 g/mol. The Morgan fingerprint density at radius 3 is 2.50 bits per heavy atom. The lowest BCUT2D eigenvalue weighted by Crippen LogP contribution is -2.23. The molecule has 1 aromatic heterocycles. The minimum atomic E-state index is -0.937. The molecule has 8 heteroatoms. The zero-order chi connectivity index (χ0) is 25.3. The van der Waals surface area contributed by atoms with Crippen LogP contribution in [0.2, 0.25) is 0 Å². The van der Waals surface area contributed by atoms with Crippen LogP contribution < -0.4 is 9.47 Å².